The van der Waals surface area contributed by atoms with Crippen LogP contribution in [0.25, 0.3) is 0 Å². The Kier molecular flexibility index (Phi) is 4.77. The molecule has 1 aliphatic rings. The monoisotopic (exact) mass is 266 g/mol. The first kappa shape index (κ1) is 14.3. The van der Waals surface area contributed by atoms with E-state index in [4.69, 9.17) is 0 Å². The molecule has 2 unspecified atom stereocenters. The predicted molar refractivity (Wildman–Crippen MR) is 75.9 cm³/mol. The second kappa shape index (κ2) is 6.35. The molecule has 0 amide bonds. The standard InChI is InChI=1S/C15H23FN2O/c1-12-9-17(2)15(7-8-19)11-18(10-12)14-5-3-13(16)4-6-14/h3-6,12,15,19H,7-11H2,1-2H3. The van der Waals surface area contributed by atoms with Crippen LogP contribution in [-0.2, 0) is 0 Å². The molecule has 0 aliphatic carbocycles. The molecule has 0 saturated carbocycles. The fraction of sp³-hybridized carbons (Fsp3) is 0.600. The highest BCUT2D eigenvalue weighted by molar-refractivity contribution is 5.46. The van der Waals surface area contributed by atoms with Crippen molar-refractivity contribution in [2.45, 2.75) is 19.4 Å². The summed E-state index contributed by atoms with van der Waals surface area (Å²) < 4.78 is 13.0. The lowest BCUT2D eigenvalue weighted by Gasteiger charge is -2.29. The van der Waals surface area contributed by atoms with Crippen LogP contribution in [0, 0.1) is 11.7 Å². The highest BCUT2D eigenvalue weighted by Gasteiger charge is 2.25. The van der Waals surface area contributed by atoms with Crippen LogP contribution in [0.5, 0.6) is 0 Å². The zero-order valence-electron chi connectivity index (χ0n) is 11.7. The molecule has 1 heterocycles. The van der Waals surface area contributed by atoms with Crippen molar-refractivity contribution in [2.24, 2.45) is 5.92 Å². The summed E-state index contributed by atoms with van der Waals surface area (Å²) in [5, 5.41) is 9.19. The zero-order chi connectivity index (χ0) is 13.8. The zero-order valence-corrected chi connectivity index (χ0v) is 11.7. The summed E-state index contributed by atoms with van der Waals surface area (Å²) in [7, 11) is 2.12. The highest BCUT2D eigenvalue weighted by atomic mass is 19.1. The summed E-state index contributed by atoms with van der Waals surface area (Å²) in [5.74, 6) is 0.356. The van der Waals surface area contributed by atoms with Crippen molar-refractivity contribution in [1.29, 1.82) is 0 Å². The molecular formula is C15H23FN2O. The molecule has 2 atom stereocenters. The Bertz CT molecular complexity index is 396. The van der Waals surface area contributed by atoms with Gasteiger partial charge in [-0.25, -0.2) is 4.39 Å². The van der Waals surface area contributed by atoms with E-state index >= 15 is 0 Å². The largest absolute Gasteiger partial charge is 0.396 e. The summed E-state index contributed by atoms with van der Waals surface area (Å²) in [6, 6.07) is 7.04. The molecular weight excluding hydrogens is 243 g/mol. The van der Waals surface area contributed by atoms with E-state index in [9.17, 15) is 9.50 Å². The minimum atomic E-state index is -0.198. The van der Waals surface area contributed by atoms with Crippen LogP contribution in [0.4, 0.5) is 10.1 Å². The van der Waals surface area contributed by atoms with Crippen LogP contribution in [0.15, 0.2) is 24.3 Å². The second-order valence-electron chi connectivity index (χ2n) is 5.59. The van der Waals surface area contributed by atoms with Gasteiger partial charge < -0.3 is 14.9 Å². The minimum Gasteiger partial charge on any atom is -0.396 e. The number of aliphatic hydroxyl groups excluding tert-OH is 1. The second-order valence-corrected chi connectivity index (χ2v) is 5.59. The van der Waals surface area contributed by atoms with Gasteiger partial charge >= 0.3 is 0 Å². The lowest BCUT2D eigenvalue weighted by atomic mass is 10.1. The van der Waals surface area contributed by atoms with Crippen molar-refractivity contribution in [3.63, 3.8) is 0 Å². The molecule has 1 saturated heterocycles. The third-order valence-electron chi connectivity index (χ3n) is 3.84. The van der Waals surface area contributed by atoms with Crippen LogP contribution in [0.2, 0.25) is 0 Å². The van der Waals surface area contributed by atoms with Crippen molar-refractivity contribution in [3.05, 3.63) is 30.1 Å². The van der Waals surface area contributed by atoms with Gasteiger partial charge in [0.1, 0.15) is 5.82 Å². The number of anilines is 1. The van der Waals surface area contributed by atoms with Crippen LogP contribution in [-0.4, -0.2) is 49.3 Å². The molecule has 1 fully saturated rings. The van der Waals surface area contributed by atoms with Crippen LogP contribution >= 0.6 is 0 Å². The Morgan fingerprint density at radius 2 is 1.89 bits per heavy atom. The molecule has 0 aromatic heterocycles. The number of aliphatic hydroxyl groups is 1. The molecule has 4 heteroatoms. The number of likely N-dealkylation sites (N-methyl/N-ethyl adjacent to an activating group) is 1. The SMILES string of the molecule is CC1CN(c2ccc(F)cc2)CC(CCO)N(C)C1. The molecule has 1 N–H and O–H groups in total. The van der Waals surface area contributed by atoms with E-state index in [-0.39, 0.29) is 12.4 Å². The lowest BCUT2D eigenvalue weighted by molar-refractivity contribution is 0.186. The molecule has 3 nitrogen and oxygen atoms in total. The Balaban J connectivity index is 2.16. The van der Waals surface area contributed by atoms with Gasteiger partial charge in [0.15, 0.2) is 0 Å². The Morgan fingerprint density at radius 1 is 1.21 bits per heavy atom. The van der Waals surface area contributed by atoms with Crippen molar-refractivity contribution >= 4 is 5.69 Å². The summed E-state index contributed by atoms with van der Waals surface area (Å²) in [4.78, 5) is 4.62. The van der Waals surface area contributed by atoms with E-state index in [1.807, 2.05) is 12.1 Å². The maximum atomic E-state index is 13.0. The Hall–Kier alpha value is -1.13. The lowest BCUT2D eigenvalue weighted by Crippen LogP contribution is -2.39. The molecule has 1 aliphatic heterocycles. The van der Waals surface area contributed by atoms with Gasteiger partial charge in [0.2, 0.25) is 0 Å². The average Bonchev–Trinajstić information content (AvgIpc) is 2.50. The summed E-state index contributed by atoms with van der Waals surface area (Å²) >= 11 is 0. The molecule has 0 bridgehead atoms. The molecule has 2 rings (SSSR count). The van der Waals surface area contributed by atoms with Gasteiger partial charge in [-0.2, -0.15) is 0 Å². The van der Waals surface area contributed by atoms with Gasteiger partial charge in [0.05, 0.1) is 0 Å². The van der Waals surface area contributed by atoms with Gasteiger partial charge in [0, 0.05) is 38.0 Å². The summed E-state index contributed by atoms with van der Waals surface area (Å²) in [5.41, 5.74) is 1.06. The fourth-order valence-corrected chi connectivity index (χ4v) is 2.87. The number of nitrogens with zero attached hydrogens (tertiary/aromatic N) is 2. The average molecular weight is 266 g/mol. The van der Waals surface area contributed by atoms with Gasteiger partial charge in [-0.1, -0.05) is 6.92 Å². The van der Waals surface area contributed by atoms with E-state index in [0.29, 0.717) is 12.0 Å². The number of rotatable bonds is 3. The van der Waals surface area contributed by atoms with Crippen molar-refractivity contribution in [2.75, 3.05) is 38.2 Å². The first-order chi connectivity index (χ1) is 9.10. The normalized spacial score (nSPS) is 25.4. The maximum Gasteiger partial charge on any atom is 0.123 e. The van der Waals surface area contributed by atoms with Gasteiger partial charge in [-0.15, -0.1) is 0 Å². The molecule has 1 aromatic rings. The van der Waals surface area contributed by atoms with E-state index < -0.39 is 0 Å². The third-order valence-corrected chi connectivity index (χ3v) is 3.84. The van der Waals surface area contributed by atoms with E-state index in [0.717, 1.165) is 31.7 Å². The Morgan fingerprint density at radius 3 is 2.53 bits per heavy atom. The van der Waals surface area contributed by atoms with Crippen LogP contribution in [0.1, 0.15) is 13.3 Å². The van der Waals surface area contributed by atoms with E-state index in [2.05, 4.69) is 23.8 Å². The van der Waals surface area contributed by atoms with Gasteiger partial charge in [-0.3, -0.25) is 0 Å². The number of hydrogen-bond donors (Lipinski definition) is 1. The van der Waals surface area contributed by atoms with Crippen molar-refractivity contribution < 1.29 is 9.50 Å². The molecule has 1 aromatic carbocycles. The van der Waals surface area contributed by atoms with Gasteiger partial charge in [0.25, 0.3) is 0 Å². The first-order valence-electron chi connectivity index (χ1n) is 6.91. The molecule has 0 radical (unpaired) electrons. The number of halogens is 1. The first-order valence-corrected chi connectivity index (χ1v) is 6.91. The Labute approximate surface area is 114 Å². The number of benzene rings is 1. The van der Waals surface area contributed by atoms with Crippen molar-refractivity contribution in [3.8, 4) is 0 Å². The predicted octanol–water partition coefficient (Wildman–Crippen LogP) is 1.96. The smallest absolute Gasteiger partial charge is 0.123 e. The highest BCUT2D eigenvalue weighted by Crippen LogP contribution is 2.22. The molecule has 19 heavy (non-hydrogen) atoms. The molecule has 0 spiro atoms. The minimum absolute atomic E-state index is 0.198. The number of hydrogen-bond acceptors (Lipinski definition) is 3. The maximum absolute atomic E-state index is 13.0. The van der Waals surface area contributed by atoms with E-state index in [1.54, 1.807) is 0 Å². The molecule has 106 valence electrons. The summed E-state index contributed by atoms with van der Waals surface area (Å²) in [6.45, 7) is 5.32. The quantitative estimate of drug-likeness (QED) is 0.906. The summed E-state index contributed by atoms with van der Waals surface area (Å²) in [6.07, 6.45) is 0.779. The third kappa shape index (κ3) is 3.67. The fourth-order valence-electron chi connectivity index (χ4n) is 2.87. The van der Waals surface area contributed by atoms with Gasteiger partial charge in [-0.05, 0) is 43.7 Å². The topological polar surface area (TPSA) is 26.7 Å². The van der Waals surface area contributed by atoms with E-state index in [1.165, 1.54) is 12.1 Å². The van der Waals surface area contributed by atoms with Crippen LogP contribution < -0.4 is 4.90 Å². The van der Waals surface area contributed by atoms with Crippen LogP contribution in [0.3, 0.4) is 0 Å². The van der Waals surface area contributed by atoms with Crippen molar-refractivity contribution in [1.82, 2.24) is 4.90 Å².